The van der Waals surface area contributed by atoms with Gasteiger partial charge in [-0.2, -0.15) is 0 Å². The monoisotopic (exact) mass is 741 g/mol. The largest absolute Gasteiger partial charge is 0.301 e. The van der Waals surface area contributed by atoms with Gasteiger partial charge in [-0.05, 0) is 176 Å². The van der Waals surface area contributed by atoms with Crippen molar-refractivity contribution >= 4 is 5.78 Å². The maximum atomic E-state index is 13.4. The molecule has 3 heteroatoms. The minimum absolute atomic E-state index is 0.264. The second-order valence-corrected chi connectivity index (χ2v) is 22.4. The molecule has 0 aromatic heterocycles. The molecule has 1 aromatic carbocycles. The molecule has 0 amide bonds. The zero-order valence-electron chi connectivity index (χ0n) is 36.6. The minimum atomic E-state index is 0.264. The van der Waals surface area contributed by atoms with Crippen LogP contribution in [-0.4, -0.2) is 25.0 Å². The van der Waals surface area contributed by atoms with Gasteiger partial charge in [0, 0.05) is 25.4 Å². The number of aryl methyl sites for hydroxylation is 1. The molecule has 0 spiro atoms. The molecule has 2 N–H and O–H groups in total. The van der Waals surface area contributed by atoms with Gasteiger partial charge in [0.2, 0.25) is 0 Å². The summed E-state index contributed by atoms with van der Waals surface area (Å²) in [6, 6.07) is 7.53. The van der Waals surface area contributed by atoms with Gasteiger partial charge in [0.15, 0.2) is 0 Å². The third-order valence-corrected chi connectivity index (χ3v) is 18.4. The highest BCUT2D eigenvalue weighted by Gasteiger charge is 2.57. The summed E-state index contributed by atoms with van der Waals surface area (Å²) < 4.78 is 0. The lowest BCUT2D eigenvalue weighted by Gasteiger charge is -2.62. The molecule has 10 atom stereocenters. The fraction of sp³-hybridized carbons (Fsp3) is 0.863. The van der Waals surface area contributed by atoms with E-state index in [2.05, 4.69) is 84.2 Å². The van der Waals surface area contributed by atoms with Crippen LogP contribution in [-0.2, 0) is 16.6 Å². The summed E-state index contributed by atoms with van der Waals surface area (Å²) in [5, 5.41) is 8.53. The number of hydrogen-bond acceptors (Lipinski definition) is 3. The smallest absolute Gasteiger partial charge is 0.135 e. The molecule has 10 unspecified atom stereocenters. The van der Waals surface area contributed by atoms with Crippen molar-refractivity contribution in [1.82, 2.24) is 10.6 Å². The zero-order valence-corrected chi connectivity index (χ0v) is 36.6. The van der Waals surface area contributed by atoms with Crippen LogP contribution >= 0.6 is 0 Å². The highest BCUT2D eigenvalue weighted by molar-refractivity contribution is 5.81. The van der Waals surface area contributed by atoms with E-state index in [1.54, 1.807) is 11.1 Å². The minimum Gasteiger partial charge on any atom is -0.301 e. The first-order chi connectivity index (χ1) is 25.8. The average Bonchev–Trinajstić information content (AvgIpc) is 3.15. The van der Waals surface area contributed by atoms with Crippen molar-refractivity contribution in [3.63, 3.8) is 0 Å². The van der Waals surface area contributed by atoms with Crippen LogP contribution in [0.2, 0.25) is 0 Å². The van der Waals surface area contributed by atoms with Gasteiger partial charge in [-0.15, -0.1) is 0 Å². The molecule has 7 rings (SSSR count). The standard InChI is InChI=1S/C51H84N2O/c1-35(2)38-19-23-42-40(31-38)21-25-45-48(5,27-13-29-50(42,45)7)33-52-47(18-12-17-44(54)37-15-10-9-11-16-37)53-34-49(6)28-14-30-51(8)43-24-20-39(36(3)4)32-41(43)22-26-46(49)51/h19,23,31,35-37,39,41,43,45-47,52-53H,9-18,20-22,24-30,32-34H2,1-8H3. The van der Waals surface area contributed by atoms with E-state index < -0.39 is 0 Å². The van der Waals surface area contributed by atoms with Crippen molar-refractivity contribution in [2.45, 2.75) is 208 Å². The Morgan fingerprint density at radius 3 is 2.17 bits per heavy atom. The Morgan fingerprint density at radius 2 is 1.46 bits per heavy atom. The Morgan fingerprint density at radius 1 is 0.759 bits per heavy atom. The van der Waals surface area contributed by atoms with Crippen LogP contribution < -0.4 is 10.6 Å². The number of nitrogens with one attached hydrogen (secondary N) is 2. The molecule has 0 aliphatic heterocycles. The highest BCUT2D eigenvalue weighted by atomic mass is 16.1. The Labute approximate surface area is 333 Å². The molecule has 0 bridgehead atoms. The average molecular weight is 741 g/mol. The lowest BCUT2D eigenvalue weighted by Crippen LogP contribution is -2.59. The number of benzene rings is 1. The molecule has 304 valence electrons. The molecule has 6 aliphatic rings. The van der Waals surface area contributed by atoms with E-state index in [9.17, 15) is 4.79 Å². The lowest BCUT2D eigenvalue weighted by atomic mass is 9.43. The van der Waals surface area contributed by atoms with E-state index in [0.29, 0.717) is 34.4 Å². The van der Waals surface area contributed by atoms with Gasteiger partial charge < -0.3 is 10.6 Å². The molecule has 6 aliphatic carbocycles. The van der Waals surface area contributed by atoms with Crippen LogP contribution in [0.4, 0.5) is 0 Å². The zero-order chi connectivity index (χ0) is 38.3. The van der Waals surface area contributed by atoms with Crippen LogP contribution in [0.25, 0.3) is 0 Å². The molecule has 3 nitrogen and oxygen atoms in total. The Hall–Kier alpha value is -1.19. The van der Waals surface area contributed by atoms with Crippen molar-refractivity contribution < 1.29 is 4.79 Å². The highest BCUT2D eigenvalue weighted by Crippen LogP contribution is 2.64. The number of hydrogen-bond donors (Lipinski definition) is 2. The van der Waals surface area contributed by atoms with Crippen molar-refractivity contribution in [2.24, 2.45) is 57.7 Å². The SMILES string of the molecule is CC(C)c1ccc2c(c1)CCC1C(C)(CNC(CCCC(=O)C3CCCCC3)NCC3(C)CCCC4(C)C5CCC(C(C)C)CC5CCC34)CCCC21C. The second kappa shape index (κ2) is 16.6. The van der Waals surface area contributed by atoms with E-state index >= 15 is 0 Å². The first-order valence-corrected chi connectivity index (χ1v) is 23.9. The number of carbonyl (C=O) groups is 1. The number of Topliss-reactive ketones (excluding diaryl/α,β-unsaturated/α-hetero) is 1. The topological polar surface area (TPSA) is 41.1 Å². The molecular formula is C51H84N2O. The van der Waals surface area contributed by atoms with Crippen LogP contribution in [0.15, 0.2) is 18.2 Å². The van der Waals surface area contributed by atoms with Gasteiger partial charge in [-0.1, -0.05) is 106 Å². The summed E-state index contributed by atoms with van der Waals surface area (Å²) in [5.41, 5.74) is 6.19. The molecular weight excluding hydrogens is 657 g/mol. The van der Waals surface area contributed by atoms with Crippen LogP contribution in [0, 0.1) is 57.7 Å². The van der Waals surface area contributed by atoms with E-state index in [1.165, 1.54) is 108 Å². The van der Waals surface area contributed by atoms with E-state index in [0.717, 1.165) is 74.8 Å². The fourth-order valence-electron chi connectivity index (χ4n) is 15.1. The lowest BCUT2D eigenvalue weighted by molar-refractivity contribution is -0.124. The predicted molar refractivity (Wildman–Crippen MR) is 229 cm³/mol. The Kier molecular flexibility index (Phi) is 12.6. The summed E-state index contributed by atoms with van der Waals surface area (Å²) in [5.74, 6) is 6.71. The number of fused-ring (bicyclic) bond motifs is 6. The van der Waals surface area contributed by atoms with Gasteiger partial charge in [-0.25, -0.2) is 0 Å². The molecule has 5 fully saturated rings. The van der Waals surface area contributed by atoms with Gasteiger partial charge >= 0.3 is 0 Å². The number of rotatable bonds is 13. The Bertz CT molecular complexity index is 1430. The van der Waals surface area contributed by atoms with Crippen molar-refractivity contribution in [3.8, 4) is 0 Å². The van der Waals surface area contributed by atoms with Gasteiger partial charge in [0.25, 0.3) is 0 Å². The molecule has 54 heavy (non-hydrogen) atoms. The van der Waals surface area contributed by atoms with Crippen LogP contribution in [0.1, 0.15) is 206 Å². The second-order valence-electron chi connectivity index (χ2n) is 22.4. The molecule has 0 saturated heterocycles. The fourth-order valence-corrected chi connectivity index (χ4v) is 15.1. The first kappa shape index (κ1) is 41.0. The Balaban J connectivity index is 1.05. The van der Waals surface area contributed by atoms with E-state index in [-0.39, 0.29) is 17.0 Å². The van der Waals surface area contributed by atoms with Crippen molar-refractivity contribution in [3.05, 3.63) is 34.9 Å². The van der Waals surface area contributed by atoms with E-state index in [4.69, 9.17) is 0 Å². The summed E-state index contributed by atoms with van der Waals surface area (Å²) >= 11 is 0. The molecule has 5 saturated carbocycles. The number of carbonyl (C=O) groups excluding carboxylic acids is 1. The predicted octanol–water partition coefficient (Wildman–Crippen LogP) is 12.9. The maximum Gasteiger partial charge on any atom is 0.135 e. The summed E-state index contributed by atoms with van der Waals surface area (Å²) in [7, 11) is 0. The van der Waals surface area contributed by atoms with E-state index in [1.807, 2.05) is 0 Å². The number of ketones is 1. The maximum absolute atomic E-state index is 13.4. The quantitative estimate of drug-likeness (QED) is 0.198. The summed E-state index contributed by atoms with van der Waals surface area (Å²) in [6.45, 7) is 22.5. The molecule has 0 heterocycles. The van der Waals surface area contributed by atoms with Crippen molar-refractivity contribution in [1.29, 1.82) is 0 Å². The third kappa shape index (κ3) is 8.09. The van der Waals surface area contributed by atoms with Gasteiger partial charge in [0.05, 0.1) is 6.17 Å². The summed E-state index contributed by atoms with van der Waals surface area (Å²) in [6.07, 6.45) is 27.3. The molecule has 1 aromatic rings. The normalized spacial score (nSPS) is 39.0. The summed E-state index contributed by atoms with van der Waals surface area (Å²) in [4.78, 5) is 13.4. The first-order valence-electron chi connectivity index (χ1n) is 23.9. The van der Waals surface area contributed by atoms with Crippen LogP contribution in [0.3, 0.4) is 0 Å². The third-order valence-electron chi connectivity index (χ3n) is 18.4. The van der Waals surface area contributed by atoms with Crippen LogP contribution in [0.5, 0.6) is 0 Å². The van der Waals surface area contributed by atoms with Gasteiger partial charge in [-0.3, -0.25) is 4.79 Å². The van der Waals surface area contributed by atoms with Gasteiger partial charge in [0.1, 0.15) is 5.78 Å². The molecule has 0 radical (unpaired) electrons. The van der Waals surface area contributed by atoms with Crippen molar-refractivity contribution in [2.75, 3.05) is 13.1 Å².